The van der Waals surface area contributed by atoms with Crippen LogP contribution in [-0.4, -0.2) is 15.8 Å². The van der Waals surface area contributed by atoms with E-state index >= 15 is 0 Å². The van der Waals surface area contributed by atoms with Crippen molar-refractivity contribution in [3.8, 4) is 5.75 Å². The van der Waals surface area contributed by atoms with Crippen LogP contribution in [0.2, 0.25) is 0 Å². The zero-order valence-corrected chi connectivity index (χ0v) is 9.24. The number of rotatable bonds is 3. The van der Waals surface area contributed by atoms with Crippen LogP contribution in [0, 0.1) is 10.1 Å². The fourth-order valence-corrected chi connectivity index (χ4v) is 1.55. The molecule has 18 heavy (non-hydrogen) atoms. The molecule has 0 saturated carbocycles. The number of ketones is 1. The molecule has 0 fully saturated rings. The van der Waals surface area contributed by atoms with E-state index in [1.54, 1.807) is 12.1 Å². The topological polar surface area (TPSA) is 80.4 Å². The summed E-state index contributed by atoms with van der Waals surface area (Å²) in [6.07, 6.45) is 0. The summed E-state index contributed by atoms with van der Waals surface area (Å²) in [5.74, 6) is -0.288. The number of nitrogens with zero attached hydrogens (tertiary/aromatic N) is 1. The Hall–Kier alpha value is -2.69. The number of non-ortho nitro benzene ring substituents is 1. The molecule has 0 radical (unpaired) electrons. The number of carbonyl (C=O) groups excluding carboxylic acids is 1. The normalized spacial score (nSPS) is 10.0. The molecule has 0 amide bonds. The number of phenolic OH excluding ortho intramolecular Hbond substituents is 1. The van der Waals surface area contributed by atoms with Gasteiger partial charge in [0.25, 0.3) is 5.69 Å². The predicted octanol–water partition coefficient (Wildman–Crippen LogP) is 2.53. The second kappa shape index (κ2) is 4.67. The van der Waals surface area contributed by atoms with Gasteiger partial charge in [0.2, 0.25) is 0 Å². The van der Waals surface area contributed by atoms with Crippen LogP contribution in [0.25, 0.3) is 0 Å². The summed E-state index contributed by atoms with van der Waals surface area (Å²) in [5, 5.41) is 19.8. The summed E-state index contributed by atoms with van der Waals surface area (Å²) in [7, 11) is 0. The zero-order chi connectivity index (χ0) is 13.1. The number of nitro benzene ring substituents is 1. The first-order chi connectivity index (χ1) is 8.58. The van der Waals surface area contributed by atoms with E-state index in [1.807, 2.05) is 0 Å². The quantitative estimate of drug-likeness (QED) is 0.510. The fourth-order valence-electron chi connectivity index (χ4n) is 1.55. The summed E-state index contributed by atoms with van der Waals surface area (Å²) >= 11 is 0. The third-order valence-electron chi connectivity index (χ3n) is 2.45. The minimum absolute atomic E-state index is 0.00256. The van der Waals surface area contributed by atoms with Crippen molar-refractivity contribution in [2.24, 2.45) is 0 Å². The van der Waals surface area contributed by atoms with Crippen molar-refractivity contribution >= 4 is 11.5 Å². The van der Waals surface area contributed by atoms with Gasteiger partial charge in [-0.3, -0.25) is 14.9 Å². The molecule has 5 heteroatoms. The van der Waals surface area contributed by atoms with Crippen molar-refractivity contribution in [1.82, 2.24) is 0 Å². The number of carbonyl (C=O) groups is 1. The molecule has 0 atom stereocenters. The Kier molecular flexibility index (Phi) is 3.05. The van der Waals surface area contributed by atoms with Gasteiger partial charge in [0.15, 0.2) is 5.78 Å². The molecule has 0 aliphatic heterocycles. The molecule has 0 spiro atoms. The maximum Gasteiger partial charge on any atom is 0.269 e. The van der Waals surface area contributed by atoms with Gasteiger partial charge < -0.3 is 5.11 Å². The molecule has 0 heterocycles. The second-order valence-corrected chi connectivity index (χ2v) is 3.68. The number of aromatic hydroxyl groups is 1. The molecule has 0 unspecified atom stereocenters. The van der Waals surface area contributed by atoms with E-state index in [1.165, 1.54) is 36.4 Å². The highest BCUT2D eigenvalue weighted by Gasteiger charge is 2.11. The maximum absolute atomic E-state index is 12.0. The predicted molar refractivity (Wildman–Crippen MR) is 64.6 cm³/mol. The highest BCUT2D eigenvalue weighted by Crippen LogP contribution is 2.17. The standard InChI is InChI=1S/C13H9NO4/c15-12-3-1-2-10(8-12)13(16)9-4-6-11(7-5-9)14(17)18/h1-8,15H. The molecule has 0 aliphatic rings. The van der Waals surface area contributed by atoms with Gasteiger partial charge in [0.1, 0.15) is 5.75 Å². The average Bonchev–Trinajstić information content (AvgIpc) is 2.38. The van der Waals surface area contributed by atoms with Crippen LogP contribution < -0.4 is 0 Å². The van der Waals surface area contributed by atoms with Crippen LogP contribution in [0.4, 0.5) is 5.69 Å². The van der Waals surface area contributed by atoms with E-state index in [-0.39, 0.29) is 17.2 Å². The van der Waals surface area contributed by atoms with Crippen LogP contribution in [0.15, 0.2) is 48.5 Å². The first-order valence-electron chi connectivity index (χ1n) is 5.16. The Balaban J connectivity index is 2.32. The summed E-state index contributed by atoms with van der Waals surface area (Å²) in [5.41, 5.74) is 0.609. The van der Waals surface area contributed by atoms with E-state index in [4.69, 9.17) is 0 Å². The molecule has 90 valence electrons. The molecule has 2 rings (SSSR count). The molecule has 1 N–H and O–H groups in total. The Morgan fingerprint density at radius 2 is 1.72 bits per heavy atom. The van der Waals surface area contributed by atoms with Crippen LogP contribution in [0.5, 0.6) is 5.75 Å². The summed E-state index contributed by atoms with van der Waals surface area (Å²) < 4.78 is 0. The molecule has 2 aromatic carbocycles. The SMILES string of the molecule is O=C(c1ccc([N+](=O)[O-])cc1)c1cccc(O)c1. The molecule has 0 bridgehead atoms. The smallest absolute Gasteiger partial charge is 0.269 e. The maximum atomic E-state index is 12.0. The van der Waals surface area contributed by atoms with Crippen molar-refractivity contribution in [2.75, 3.05) is 0 Å². The molecular formula is C13H9NO4. The van der Waals surface area contributed by atoms with Gasteiger partial charge in [-0.2, -0.15) is 0 Å². The molecule has 2 aromatic rings. The van der Waals surface area contributed by atoms with Gasteiger partial charge in [0, 0.05) is 23.3 Å². The van der Waals surface area contributed by atoms with Gasteiger partial charge in [-0.1, -0.05) is 12.1 Å². The van der Waals surface area contributed by atoms with Crippen LogP contribution >= 0.6 is 0 Å². The monoisotopic (exact) mass is 243 g/mol. The van der Waals surface area contributed by atoms with Gasteiger partial charge in [-0.15, -0.1) is 0 Å². The summed E-state index contributed by atoms with van der Waals surface area (Å²) in [6.45, 7) is 0. The largest absolute Gasteiger partial charge is 0.508 e. The highest BCUT2D eigenvalue weighted by molar-refractivity contribution is 6.09. The minimum atomic E-state index is -0.525. The first-order valence-corrected chi connectivity index (χ1v) is 5.16. The number of benzene rings is 2. The Morgan fingerprint density at radius 1 is 1.06 bits per heavy atom. The van der Waals surface area contributed by atoms with Crippen LogP contribution in [0.3, 0.4) is 0 Å². The van der Waals surface area contributed by atoms with E-state index in [0.717, 1.165) is 0 Å². The molecule has 0 aromatic heterocycles. The number of hydrogen-bond acceptors (Lipinski definition) is 4. The van der Waals surface area contributed by atoms with E-state index < -0.39 is 4.92 Å². The van der Waals surface area contributed by atoms with Crippen LogP contribution in [-0.2, 0) is 0 Å². The molecule has 0 aliphatic carbocycles. The van der Waals surface area contributed by atoms with E-state index in [2.05, 4.69) is 0 Å². The number of hydrogen-bond donors (Lipinski definition) is 1. The Morgan fingerprint density at radius 3 is 2.28 bits per heavy atom. The first kappa shape index (κ1) is 11.8. The van der Waals surface area contributed by atoms with Gasteiger partial charge >= 0.3 is 0 Å². The van der Waals surface area contributed by atoms with Crippen molar-refractivity contribution in [3.05, 3.63) is 69.8 Å². The third-order valence-corrected chi connectivity index (χ3v) is 2.45. The Labute approximate surface area is 102 Å². The lowest BCUT2D eigenvalue weighted by Gasteiger charge is -2.01. The molecule has 0 saturated heterocycles. The Bertz CT molecular complexity index is 605. The lowest BCUT2D eigenvalue weighted by molar-refractivity contribution is -0.384. The van der Waals surface area contributed by atoms with Gasteiger partial charge in [-0.05, 0) is 24.3 Å². The minimum Gasteiger partial charge on any atom is -0.508 e. The summed E-state index contributed by atoms with van der Waals surface area (Å²) in [4.78, 5) is 22.0. The van der Waals surface area contributed by atoms with Gasteiger partial charge in [0.05, 0.1) is 4.92 Å². The highest BCUT2D eigenvalue weighted by atomic mass is 16.6. The van der Waals surface area contributed by atoms with Crippen molar-refractivity contribution in [3.63, 3.8) is 0 Å². The molecular weight excluding hydrogens is 234 g/mol. The van der Waals surface area contributed by atoms with E-state index in [0.29, 0.717) is 11.1 Å². The third kappa shape index (κ3) is 2.35. The van der Waals surface area contributed by atoms with E-state index in [9.17, 15) is 20.0 Å². The second-order valence-electron chi connectivity index (χ2n) is 3.68. The van der Waals surface area contributed by atoms with Crippen molar-refractivity contribution in [1.29, 1.82) is 0 Å². The number of nitro groups is 1. The lowest BCUT2D eigenvalue weighted by atomic mass is 10.0. The molecule has 5 nitrogen and oxygen atoms in total. The van der Waals surface area contributed by atoms with Crippen molar-refractivity contribution < 1.29 is 14.8 Å². The summed E-state index contributed by atoms with van der Waals surface area (Å²) in [6, 6.07) is 11.3. The lowest BCUT2D eigenvalue weighted by Crippen LogP contribution is -2.01. The van der Waals surface area contributed by atoms with Crippen LogP contribution in [0.1, 0.15) is 15.9 Å². The number of phenols is 1. The van der Waals surface area contributed by atoms with Gasteiger partial charge in [-0.25, -0.2) is 0 Å². The van der Waals surface area contributed by atoms with Crippen molar-refractivity contribution in [2.45, 2.75) is 0 Å². The average molecular weight is 243 g/mol. The zero-order valence-electron chi connectivity index (χ0n) is 9.24. The fraction of sp³-hybridized carbons (Fsp3) is 0.